The van der Waals surface area contributed by atoms with Crippen molar-refractivity contribution in [2.45, 2.75) is 45.1 Å². The number of nitrogens with one attached hydrogen (secondary N) is 1. The lowest BCUT2D eigenvalue weighted by atomic mass is 9.83. The van der Waals surface area contributed by atoms with E-state index in [0.29, 0.717) is 0 Å². The molecule has 2 fully saturated rings. The van der Waals surface area contributed by atoms with Crippen LogP contribution in [-0.2, 0) is 0 Å². The van der Waals surface area contributed by atoms with Crippen molar-refractivity contribution in [2.75, 3.05) is 26.2 Å². The summed E-state index contributed by atoms with van der Waals surface area (Å²) in [4.78, 5) is 2.72. The first kappa shape index (κ1) is 10.4. The van der Waals surface area contributed by atoms with E-state index in [-0.39, 0.29) is 0 Å². The van der Waals surface area contributed by atoms with Gasteiger partial charge in [-0.2, -0.15) is 0 Å². The maximum atomic E-state index is 3.44. The van der Waals surface area contributed by atoms with Crippen molar-refractivity contribution in [1.82, 2.24) is 10.2 Å². The first-order valence-electron chi connectivity index (χ1n) is 6.35. The number of piperazine rings is 1. The summed E-state index contributed by atoms with van der Waals surface area (Å²) < 4.78 is 0. The molecular formula is C12H24N2. The van der Waals surface area contributed by atoms with Gasteiger partial charge >= 0.3 is 0 Å². The zero-order valence-electron chi connectivity index (χ0n) is 9.47. The zero-order valence-corrected chi connectivity index (χ0v) is 9.47. The van der Waals surface area contributed by atoms with Crippen molar-refractivity contribution >= 4 is 0 Å². The van der Waals surface area contributed by atoms with Crippen LogP contribution in [0.4, 0.5) is 0 Å². The number of rotatable bonds is 2. The molecule has 2 heteroatoms. The van der Waals surface area contributed by atoms with Gasteiger partial charge in [-0.1, -0.05) is 26.2 Å². The Balaban J connectivity index is 1.83. The third-order valence-corrected chi connectivity index (χ3v) is 4.00. The highest BCUT2D eigenvalue weighted by Crippen LogP contribution is 2.29. The molecule has 2 aliphatic rings. The lowest BCUT2D eigenvalue weighted by Crippen LogP contribution is -2.49. The van der Waals surface area contributed by atoms with Crippen LogP contribution >= 0.6 is 0 Å². The van der Waals surface area contributed by atoms with Crippen molar-refractivity contribution in [3.63, 3.8) is 0 Å². The molecule has 1 heterocycles. The van der Waals surface area contributed by atoms with E-state index >= 15 is 0 Å². The lowest BCUT2D eigenvalue weighted by molar-refractivity contribution is 0.114. The number of hydrogen-bond donors (Lipinski definition) is 1. The van der Waals surface area contributed by atoms with Crippen molar-refractivity contribution in [3.05, 3.63) is 0 Å². The molecule has 0 amide bonds. The Bertz CT molecular complexity index is 164. The van der Waals surface area contributed by atoms with Crippen LogP contribution < -0.4 is 5.32 Å². The Morgan fingerprint density at radius 2 is 2.00 bits per heavy atom. The topological polar surface area (TPSA) is 15.3 Å². The van der Waals surface area contributed by atoms with E-state index in [9.17, 15) is 0 Å². The summed E-state index contributed by atoms with van der Waals surface area (Å²) in [6.45, 7) is 7.31. The van der Waals surface area contributed by atoms with Crippen LogP contribution in [0.25, 0.3) is 0 Å². The first-order valence-corrected chi connectivity index (χ1v) is 6.35. The van der Waals surface area contributed by atoms with Gasteiger partial charge in [0.25, 0.3) is 0 Å². The minimum absolute atomic E-state index is 0.913. The van der Waals surface area contributed by atoms with E-state index in [2.05, 4.69) is 17.1 Å². The van der Waals surface area contributed by atoms with Crippen molar-refractivity contribution in [2.24, 2.45) is 5.92 Å². The van der Waals surface area contributed by atoms with E-state index in [0.717, 1.165) is 12.0 Å². The second-order valence-corrected chi connectivity index (χ2v) is 4.88. The third kappa shape index (κ3) is 2.48. The van der Waals surface area contributed by atoms with E-state index in [4.69, 9.17) is 0 Å². The standard InChI is InChI=1S/C12H24N2/c1-2-11-4-3-5-12(10-11)14-8-6-13-7-9-14/h11-13H,2-10H2,1H3. The van der Waals surface area contributed by atoms with Gasteiger partial charge < -0.3 is 5.32 Å². The Morgan fingerprint density at radius 3 is 2.71 bits per heavy atom. The van der Waals surface area contributed by atoms with Crippen LogP contribution in [0.5, 0.6) is 0 Å². The molecule has 2 unspecified atom stereocenters. The summed E-state index contributed by atoms with van der Waals surface area (Å²) in [6, 6.07) is 0.913. The molecule has 1 aliphatic carbocycles. The van der Waals surface area contributed by atoms with Gasteiger partial charge in [0.15, 0.2) is 0 Å². The normalized spacial score (nSPS) is 35.8. The average Bonchev–Trinajstić information content (AvgIpc) is 2.30. The molecule has 1 aliphatic heterocycles. The monoisotopic (exact) mass is 196 g/mol. The first-order chi connectivity index (χ1) is 6.90. The highest BCUT2D eigenvalue weighted by atomic mass is 15.2. The van der Waals surface area contributed by atoms with Crippen LogP contribution in [0.2, 0.25) is 0 Å². The predicted molar refractivity (Wildman–Crippen MR) is 60.5 cm³/mol. The van der Waals surface area contributed by atoms with E-state index in [1.54, 1.807) is 0 Å². The summed E-state index contributed by atoms with van der Waals surface area (Å²) in [5.74, 6) is 1.02. The highest BCUT2D eigenvalue weighted by molar-refractivity contribution is 4.82. The summed E-state index contributed by atoms with van der Waals surface area (Å²) >= 11 is 0. The SMILES string of the molecule is CCC1CCCC(N2CCNCC2)C1. The van der Waals surface area contributed by atoms with Gasteiger partial charge in [0.1, 0.15) is 0 Å². The molecular weight excluding hydrogens is 172 g/mol. The van der Waals surface area contributed by atoms with Crippen molar-refractivity contribution in [1.29, 1.82) is 0 Å². The van der Waals surface area contributed by atoms with Gasteiger partial charge in [-0.15, -0.1) is 0 Å². The molecule has 1 saturated carbocycles. The number of hydrogen-bond acceptors (Lipinski definition) is 2. The van der Waals surface area contributed by atoms with Crippen LogP contribution in [0.3, 0.4) is 0 Å². The van der Waals surface area contributed by atoms with Crippen molar-refractivity contribution < 1.29 is 0 Å². The molecule has 2 atom stereocenters. The third-order valence-electron chi connectivity index (χ3n) is 4.00. The maximum absolute atomic E-state index is 3.44. The predicted octanol–water partition coefficient (Wildman–Crippen LogP) is 1.86. The summed E-state index contributed by atoms with van der Waals surface area (Å²) in [5.41, 5.74) is 0. The molecule has 14 heavy (non-hydrogen) atoms. The molecule has 2 nitrogen and oxygen atoms in total. The second kappa shape index (κ2) is 5.13. The average molecular weight is 196 g/mol. The Hall–Kier alpha value is -0.0800. The van der Waals surface area contributed by atoms with E-state index < -0.39 is 0 Å². The number of nitrogens with zero attached hydrogens (tertiary/aromatic N) is 1. The Kier molecular flexibility index (Phi) is 3.82. The smallest absolute Gasteiger partial charge is 0.0110 e. The summed E-state index contributed by atoms with van der Waals surface area (Å²) in [6.07, 6.45) is 7.27. The van der Waals surface area contributed by atoms with Crippen LogP contribution in [-0.4, -0.2) is 37.1 Å². The molecule has 1 saturated heterocycles. The molecule has 0 aromatic rings. The van der Waals surface area contributed by atoms with Crippen LogP contribution in [0.15, 0.2) is 0 Å². The minimum Gasteiger partial charge on any atom is -0.314 e. The maximum Gasteiger partial charge on any atom is 0.0110 e. The largest absolute Gasteiger partial charge is 0.314 e. The molecule has 2 rings (SSSR count). The highest BCUT2D eigenvalue weighted by Gasteiger charge is 2.26. The zero-order chi connectivity index (χ0) is 9.80. The Labute approximate surface area is 88.1 Å². The molecule has 1 N–H and O–H groups in total. The van der Waals surface area contributed by atoms with Gasteiger partial charge in [0.05, 0.1) is 0 Å². The van der Waals surface area contributed by atoms with Gasteiger partial charge in [0.2, 0.25) is 0 Å². The molecule has 0 spiro atoms. The molecule has 0 radical (unpaired) electrons. The van der Waals surface area contributed by atoms with Crippen LogP contribution in [0, 0.1) is 5.92 Å². The Morgan fingerprint density at radius 1 is 1.21 bits per heavy atom. The fourth-order valence-corrected chi connectivity index (χ4v) is 3.01. The quantitative estimate of drug-likeness (QED) is 0.725. The fraction of sp³-hybridized carbons (Fsp3) is 1.00. The van der Waals surface area contributed by atoms with E-state index in [1.807, 2.05) is 0 Å². The molecule has 82 valence electrons. The molecule has 0 aromatic heterocycles. The lowest BCUT2D eigenvalue weighted by Gasteiger charge is -2.39. The summed E-state index contributed by atoms with van der Waals surface area (Å²) in [7, 11) is 0. The molecule has 0 bridgehead atoms. The van der Waals surface area contributed by atoms with Crippen molar-refractivity contribution in [3.8, 4) is 0 Å². The van der Waals surface area contributed by atoms with Gasteiger partial charge in [-0.25, -0.2) is 0 Å². The second-order valence-electron chi connectivity index (χ2n) is 4.88. The van der Waals surface area contributed by atoms with Gasteiger partial charge in [-0.05, 0) is 18.8 Å². The fourth-order valence-electron chi connectivity index (χ4n) is 3.01. The van der Waals surface area contributed by atoms with Crippen LogP contribution in [0.1, 0.15) is 39.0 Å². The van der Waals surface area contributed by atoms with Gasteiger partial charge in [0, 0.05) is 32.2 Å². The van der Waals surface area contributed by atoms with E-state index in [1.165, 1.54) is 58.3 Å². The molecule has 0 aromatic carbocycles. The summed E-state index contributed by atoms with van der Waals surface area (Å²) in [5, 5.41) is 3.44. The van der Waals surface area contributed by atoms with Gasteiger partial charge in [-0.3, -0.25) is 4.90 Å². The minimum atomic E-state index is 0.913.